The topological polar surface area (TPSA) is 58.4 Å². The van der Waals surface area contributed by atoms with E-state index >= 15 is 0 Å². The fraction of sp³-hybridized carbons (Fsp3) is 0.923. The van der Waals surface area contributed by atoms with Crippen LogP contribution in [0.1, 0.15) is 46.0 Å². The van der Waals surface area contributed by atoms with Crippen LogP contribution in [0, 0.1) is 0 Å². The standard InChI is InChI=1S/C13H25N3O/c1-13(2)9-16(10-6-4-3-5-7-10)11(8-14)12(17)15-13/h10-11H,3-9,14H2,1-2H3,(H,15,17). The van der Waals surface area contributed by atoms with Gasteiger partial charge in [-0.05, 0) is 26.7 Å². The normalized spacial score (nSPS) is 31.2. The number of nitrogens with one attached hydrogen (secondary N) is 1. The summed E-state index contributed by atoms with van der Waals surface area (Å²) in [6.45, 7) is 5.53. The van der Waals surface area contributed by atoms with E-state index in [0.29, 0.717) is 12.6 Å². The SMILES string of the molecule is CC1(C)CN(C2CCCCC2)C(CN)C(=O)N1. The lowest BCUT2D eigenvalue weighted by Gasteiger charge is -2.47. The van der Waals surface area contributed by atoms with Crippen LogP contribution in [-0.4, -0.2) is 41.5 Å². The molecule has 1 saturated heterocycles. The van der Waals surface area contributed by atoms with Crippen LogP contribution >= 0.6 is 0 Å². The zero-order chi connectivity index (χ0) is 12.5. The van der Waals surface area contributed by atoms with Crippen molar-refractivity contribution in [3.63, 3.8) is 0 Å². The van der Waals surface area contributed by atoms with Gasteiger partial charge in [0.25, 0.3) is 0 Å². The Morgan fingerprint density at radius 1 is 1.35 bits per heavy atom. The summed E-state index contributed by atoms with van der Waals surface area (Å²) in [4.78, 5) is 14.4. The first-order chi connectivity index (χ1) is 8.03. The van der Waals surface area contributed by atoms with Gasteiger partial charge in [0, 0.05) is 24.7 Å². The van der Waals surface area contributed by atoms with Crippen LogP contribution in [0.3, 0.4) is 0 Å². The van der Waals surface area contributed by atoms with Crippen molar-refractivity contribution < 1.29 is 4.79 Å². The fourth-order valence-corrected chi connectivity index (χ4v) is 3.21. The minimum atomic E-state index is -0.125. The van der Waals surface area contributed by atoms with Crippen molar-refractivity contribution in [3.8, 4) is 0 Å². The number of carbonyl (C=O) groups excluding carboxylic acids is 1. The third-order valence-electron chi connectivity index (χ3n) is 4.01. The summed E-state index contributed by atoms with van der Waals surface area (Å²) < 4.78 is 0. The number of hydrogen-bond donors (Lipinski definition) is 2. The summed E-state index contributed by atoms with van der Waals surface area (Å²) in [7, 11) is 0. The molecule has 4 nitrogen and oxygen atoms in total. The van der Waals surface area contributed by atoms with Gasteiger partial charge in [0.1, 0.15) is 6.04 Å². The highest BCUT2D eigenvalue weighted by molar-refractivity contribution is 5.83. The van der Waals surface area contributed by atoms with Crippen LogP contribution in [0.25, 0.3) is 0 Å². The molecule has 2 fully saturated rings. The molecule has 0 aromatic heterocycles. The van der Waals surface area contributed by atoms with E-state index in [1.165, 1.54) is 32.1 Å². The lowest BCUT2D eigenvalue weighted by Crippen LogP contribution is -2.68. The van der Waals surface area contributed by atoms with E-state index in [4.69, 9.17) is 5.73 Å². The Bertz CT molecular complexity index is 284. The number of hydrogen-bond acceptors (Lipinski definition) is 3. The van der Waals surface area contributed by atoms with Crippen LogP contribution < -0.4 is 11.1 Å². The van der Waals surface area contributed by atoms with Crippen LogP contribution in [-0.2, 0) is 4.79 Å². The quantitative estimate of drug-likeness (QED) is 0.751. The summed E-state index contributed by atoms with van der Waals surface area (Å²) in [5.74, 6) is 0.106. The summed E-state index contributed by atoms with van der Waals surface area (Å²) in [6, 6.07) is 0.439. The molecule has 1 aliphatic heterocycles. The molecular formula is C13H25N3O. The van der Waals surface area contributed by atoms with E-state index in [2.05, 4.69) is 24.1 Å². The second-order valence-electron chi connectivity index (χ2n) is 6.09. The molecule has 2 aliphatic rings. The van der Waals surface area contributed by atoms with Gasteiger partial charge in [-0.2, -0.15) is 0 Å². The Morgan fingerprint density at radius 2 is 2.00 bits per heavy atom. The molecule has 4 heteroatoms. The van der Waals surface area contributed by atoms with E-state index in [1.54, 1.807) is 0 Å². The van der Waals surface area contributed by atoms with Gasteiger partial charge in [0.05, 0.1) is 0 Å². The van der Waals surface area contributed by atoms with E-state index in [0.717, 1.165) is 6.54 Å². The molecule has 1 aliphatic carbocycles. The Kier molecular flexibility index (Phi) is 3.73. The minimum absolute atomic E-state index is 0.106. The van der Waals surface area contributed by atoms with Crippen molar-refractivity contribution in [2.45, 2.75) is 63.6 Å². The van der Waals surface area contributed by atoms with Gasteiger partial charge in [-0.3, -0.25) is 9.69 Å². The lowest BCUT2D eigenvalue weighted by molar-refractivity contribution is -0.134. The van der Waals surface area contributed by atoms with Crippen molar-refractivity contribution in [1.29, 1.82) is 0 Å². The monoisotopic (exact) mass is 239 g/mol. The molecule has 1 heterocycles. The Hall–Kier alpha value is -0.610. The van der Waals surface area contributed by atoms with E-state index in [-0.39, 0.29) is 17.5 Å². The molecule has 0 spiro atoms. The molecule has 98 valence electrons. The highest BCUT2D eigenvalue weighted by Gasteiger charge is 2.40. The van der Waals surface area contributed by atoms with Gasteiger partial charge < -0.3 is 11.1 Å². The average Bonchev–Trinajstić information content (AvgIpc) is 2.28. The molecule has 0 bridgehead atoms. The number of piperazine rings is 1. The first-order valence-corrected chi connectivity index (χ1v) is 6.81. The largest absolute Gasteiger partial charge is 0.349 e. The first kappa shape index (κ1) is 12.8. The van der Waals surface area contributed by atoms with Gasteiger partial charge >= 0.3 is 0 Å². The fourth-order valence-electron chi connectivity index (χ4n) is 3.21. The summed E-state index contributed by atoms with van der Waals surface area (Å²) in [5.41, 5.74) is 5.65. The summed E-state index contributed by atoms with van der Waals surface area (Å²) >= 11 is 0. The highest BCUT2D eigenvalue weighted by Crippen LogP contribution is 2.27. The van der Waals surface area contributed by atoms with Crippen molar-refractivity contribution in [2.24, 2.45) is 5.73 Å². The number of nitrogens with zero attached hydrogens (tertiary/aromatic N) is 1. The molecule has 17 heavy (non-hydrogen) atoms. The van der Waals surface area contributed by atoms with Gasteiger partial charge in [-0.15, -0.1) is 0 Å². The zero-order valence-electron chi connectivity index (χ0n) is 11.0. The second kappa shape index (κ2) is 4.94. The molecule has 1 unspecified atom stereocenters. The maximum absolute atomic E-state index is 12.1. The van der Waals surface area contributed by atoms with Gasteiger partial charge in [-0.25, -0.2) is 0 Å². The Morgan fingerprint density at radius 3 is 2.59 bits per heavy atom. The van der Waals surface area contributed by atoms with Crippen LogP contribution in [0.4, 0.5) is 0 Å². The van der Waals surface area contributed by atoms with Crippen molar-refractivity contribution in [2.75, 3.05) is 13.1 Å². The maximum atomic E-state index is 12.1. The molecule has 2 rings (SSSR count). The second-order valence-corrected chi connectivity index (χ2v) is 6.09. The maximum Gasteiger partial charge on any atom is 0.239 e. The molecule has 0 aromatic rings. The molecule has 0 radical (unpaired) electrons. The van der Waals surface area contributed by atoms with Crippen LogP contribution in [0.15, 0.2) is 0 Å². The first-order valence-electron chi connectivity index (χ1n) is 6.81. The molecular weight excluding hydrogens is 214 g/mol. The molecule has 1 saturated carbocycles. The van der Waals surface area contributed by atoms with E-state index in [9.17, 15) is 4.79 Å². The molecule has 1 amide bonds. The third kappa shape index (κ3) is 2.80. The van der Waals surface area contributed by atoms with Crippen molar-refractivity contribution in [3.05, 3.63) is 0 Å². The van der Waals surface area contributed by atoms with Gasteiger partial charge in [0.15, 0.2) is 0 Å². The van der Waals surface area contributed by atoms with Gasteiger partial charge in [-0.1, -0.05) is 19.3 Å². The third-order valence-corrected chi connectivity index (χ3v) is 4.01. The number of amides is 1. The average molecular weight is 239 g/mol. The molecule has 3 N–H and O–H groups in total. The van der Waals surface area contributed by atoms with Crippen LogP contribution in [0.2, 0.25) is 0 Å². The zero-order valence-corrected chi connectivity index (χ0v) is 11.0. The van der Waals surface area contributed by atoms with Crippen molar-refractivity contribution >= 4 is 5.91 Å². The minimum Gasteiger partial charge on any atom is -0.349 e. The summed E-state index contributed by atoms with van der Waals surface area (Å²) in [6.07, 6.45) is 6.37. The Balaban J connectivity index is 2.12. The van der Waals surface area contributed by atoms with E-state index < -0.39 is 0 Å². The highest BCUT2D eigenvalue weighted by atomic mass is 16.2. The summed E-state index contributed by atoms with van der Waals surface area (Å²) in [5, 5.41) is 3.07. The predicted molar refractivity (Wildman–Crippen MR) is 68.6 cm³/mol. The van der Waals surface area contributed by atoms with E-state index in [1.807, 2.05) is 0 Å². The molecule has 1 atom stereocenters. The lowest BCUT2D eigenvalue weighted by atomic mass is 9.89. The number of nitrogens with two attached hydrogens (primary N) is 1. The number of rotatable bonds is 2. The van der Waals surface area contributed by atoms with Crippen LogP contribution in [0.5, 0.6) is 0 Å². The predicted octanol–water partition coefficient (Wildman–Crippen LogP) is 0.857. The smallest absolute Gasteiger partial charge is 0.239 e. The Labute approximate surface area is 104 Å². The van der Waals surface area contributed by atoms with Crippen molar-refractivity contribution in [1.82, 2.24) is 10.2 Å². The van der Waals surface area contributed by atoms with Gasteiger partial charge in [0.2, 0.25) is 5.91 Å². The number of carbonyl (C=O) groups is 1. The molecule has 0 aromatic carbocycles.